The molecule has 0 amide bonds. The van der Waals surface area contributed by atoms with Crippen molar-refractivity contribution in [1.82, 2.24) is 5.32 Å². The zero-order valence-corrected chi connectivity index (χ0v) is 9.47. The van der Waals surface area contributed by atoms with Gasteiger partial charge < -0.3 is 10.4 Å². The molecule has 2 nitrogen and oxygen atoms in total. The van der Waals surface area contributed by atoms with Crippen molar-refractivity contribution >= 4 is 0 Å². The first kappa shape index (κ1) is 10.3. The first-order valence-electron chi connectivity index (χ1n) is 6.31. The summed E-state index contributed by atoms with van der Waals surface area (Å²) in [6.45, 7) is 0. The van der Waals surface area contributed by atoms with Crippen LogP contribution >= 0.6 is 0 Å². The number of aliphatic hydroxyl groups excluding tert-OH is 1. The molecule has 0 radical (unpaired) electrons. The van der Waals surface area contributed by atoms with Gasteiger partial charge in [0.05, 0.1) is 6.10 Å². The Hall–Kier alpha value is -0.860. The van der Waals surface area contributed by atoms with E-state index >= 15 is 0 Å². The van der Waals surface area contributed by atoms with E-state index in [4.69, 9.17) is 0 Å². The molecule has 2 saturated heterocycles. The zero-order valence-electron chi connectivity index (χ0n) is 9.47. The first-order chi connectivity index (χ1) is 7.83. The number of rotatable bonds is 2. The summed E-state index contributed by atoms with van der Waals surface area (Å²) in [5, 5.41) is 13.8. The highest BCUT2D eigenvalue weighted by atomic mass is 16.3. The second-order valence-electron chi connectivity index (χ2n) is 5.22. The van der Waals surface area contributed by atoms with Crippen LogP contribution < -0.4 is 5.32 Å². The van der Waals surface area contributed by atoms with Gasteiger partial charge in [-0.15, -0.1) is 0 Å². The zero-order chi connectivity index (χ0) is 11.0. The Morgan fingerprint density at radius 2 is 2.00 bits per heavy atom. The smallest absolute Gasteiger partial charge is 0.0725 e. The SMILES string of the molecule is OC1C(Cc2ccccc2)CC2CCC1N2. The summed E-state index contributed by atoms with van der Waals surface area (Å²) in [5.41, 5.74) is 1.35. The molecule has 0 saturated carbocycles. The number of fused-ring (bicyclic) bond motifs is 2. The van der Waals surface area contributed by atoms with Gasteiger partial charge in [-0.25, -0.2) is 0 Å². The second kappa shape index (κ2) is 4.19. The number of nitrogens with one attached hydrogen (secondary N) is 1. The van der Waals surface area contributed by atoms with E-state index in [-0.39, 0.29) is 6.10 Å². The molecule has 2 heterocycles. The Labute approximate surface area is 96.7 Å². The standard InChI is InChI=1S/C14H19NO/c16-14-11(8-10-4-2-1-3-5-10)9-12-6-7-13(14)15-12/h1-5,11-16H,6-9H2. The molecule has 2 aliphatic rings. The van der Waals surface area contributed by atoms with Crippen molar-refractivity contribution in [3.63, 3.8) is 0 Å². The predicted molar refractivity (Wildman–Crippen MR) is 64.2 cm³/mol. The van der Waals surface area contributed by atoms with Gasteiger partial charge in [0.25, 0.3) is 0 Å². The van der Waals surface area contributed by atoms with Crippen molar-refractivity contribution in [2.45, 2.75) is 43.9 Å². The molecule has 1 aromatic carbocycles. The maximum atomic E-state index is 10.3. The molecule has 0 aromatic heterocycles. The molecule has 2 fully saturated rings. The minimum absolute atomic E-state index is 0.154. The van der Waals surface area contributed by atoms with Crippen LogP contribution in [0.25, 0.3) is 0 Å². The molecule has 0 spiro atoms. The van der Waals surface area contributed by atoms with Gasteiger partial charge >= 0.3 is 0 Å². The van der Waals surface area contributed by atoms with Crippen LogP contribution in [0.4, 0.5) is 0 Å². The molecule has 2 heteroatoms. The molecule has 2 aliphatic heterocycles. The van der Waals surface area contributed by atoms with Crippen molar-refractivity contribution < 1.29 is 5.11 Å². The van der Waals surface area contributed by atoms with E-state index in [1.807, 2.05) is 6.07 Å². The van der Waals surface area contributed by atoms with Crippen molar-refractivity contribution in [2.24, 2.45) is 5.92 Å². The molecule has 3 rings (SSSR count). The highest BCUT2D eigenvalue weighted by Crippen LogP contribution is 2.33. The molecule has 1 aromatic rings. The minimum Gasteiger partial charge on any atom is -0.391 e. The van der Waals surface area contributed by atoms with Gasteiger partial charge in [-0.1, -0.05) is 30.3 Å². The fraction of sp³-hybridized carbons (Fsp3) is 0.571. The van der Waals surface area contributed by atoms with Crippen LogP contribution in [0.2, 0.25) is 0 Å². The fourth-order valence-corrected chi connectivity index (χ4v) is 3.26. The molecule has 2 N–H and O–H groups in total. The summed E-state index contributed by atoms with van der Waals surface area (Å²) in [6, 6.07) is 11.5. The Bertz CT molecular complexity index is 351. The normalized spacial score (nSPS) is 37.6. The monoisotopic (exact) mass is 217 g/mol. The van der Waals surface area contributed by atoms with E-state index in [9.17, 15) is 5.11 Å². The molecule has 0 aliphatic carbocycles. The van der Waals surface area contributed by atoms with Gasteiger partial charge in [0.1, 0.15) is 0 Å². The van der Waals surface area contributed by atoms with Crippen molar-refractivity contribution in [3.05, 3.63) is 35.9 Å². The van der Waals surface area contributed by atoms with Crippen LogP contribution in [0, 0.1) is 5.92 Å². The molecule has 4 unspecified atom stereocenters. The van der Waals surface area contributed by atoms with Crippen LogP contribution in [0.5, 0.6) is 0 Å². The summed E-state index contributed by atoms with van der Waals surface area (Å²) in [6.07, 6.45) is 4.40. The summed E-state index contributed by atoms with van der Waals surface area (Å²) >= 11 is 0. The molecular formula is C14H19NO. The van der Waals surface area contributed by atoms with Crippen LogP contribution in [0.1, 0.15) is 24.8 Å². The second-order valence-corrected chi connectivity index (χ2v) is 5.22. The maximum absolute atomic E-state index is 10.3. The van der Waals surface area contributed by atoms with Crippen LogP contribution in [0.3, 0.4) is 0 Å². The third kappa shape index (κ3) is 1.87. The van der Waals surface area contributed by atoms with Crippen LogP contribution in [0.15, 0.2) is 30.3 Å². The van der Waals surface area contributed by atoms with E-state index < -0.39 is 0 Å². The molecule has 4 atom stereocenters. The van der Waals surface area contributed by atoms with E-state index in [1.165, 1.54) is 12.0 Å². The Morgan fingerprint density at radius 3 is 2.81 bits per heavy atom. The van der Waals surface area contributed by atoms with Gasteiger partial charge in [0, 0.05) is 12.1 Å². The topological polar surface area (TPSA) is 32.3 Å². The first-order valence-corrected chi connectivity index (χ1v) is 6.31. The largest absolute Gasteiger partial charge is 0.391 e. The van der Waals surface area contributed by atoms with Crippen molar-refractivity contribution in [1.29, 1.82) is 0 Å². The van der Waals surface area contributed by atoms with E-state index in [2.05, 4.69) is 29.6 Å². The number of piperidine rings is 1. The highest BCUT2D eigenvalue weighted by Gasteiger charge is 2.40. The summed E-state index contributed by atoms with van der Waals surface area (Å²) < 4.78 is 0. The van der Waals surface area contributed by atoms with Crippen molar-refractivity contribution in [3.8, 4) is 0 Å². The number of benzene rings is 1. The average Bonchev–Trinajstić information content (AvgIpc) is 2.72. The summed E-state index contributed by atoms with van der Waals surface area (Å²) in [4.78, 5) is 0. The van der Waals surface area contributed by atoms with E-state index in [1.54, 1.807) is 0 Å². The van der Waals surface area contributed by atoms with Crippen LogP contribution in [-0.4, -0.2) is 23.3 Å². The van der Waals surface area contributed by atoms with E-state index in [0.717, 1.165) is 19.3 Å². The summed E-state index contributed by atoms with van der Waals surface area (Å²) in [5.74, 6) is 0.446. The number of hydrogen-bond acceptors (Lipinski definition) is 2. The third-order valence-electron chi connectivity index (χ3n) is 4.10. The third-order valence-corrected chi connectivity index (χ3v) is 4.10. The van der Waals surface area contributed by atoms with Gasteiger partial charge in [-0.3, -0.25) is 0 Å². The van der Waals surface area contributed by atoms with Gasteiger partial charge in [-0.2, -0.15) is 0 Å². The highest BCUT2D eigenvalue weighted by molar-refractivity contribution is 5.16. The van der Waals surface area contributed by atoms with E-state index in [0.29, 0.717) is 18.0 Å². The Morgan fingerprint density at radius 1 is 1.19 bits per heavy atom. The van der Waals surface area contributed by atoms with Gasteiger partial charge in [0.2, 0.25) is 0 Å². The summed E-state index contributed by atoms with van der Waals surface area (Å²) in [7, 11) is 0. The lowest BCUT2D eigenvalue weighted by Crippen LogP contribution is -2.49. The lowest BCUT2D eigenvalue weighted by Gasteiger charge is -2.34. The Kier molecular flexibility index (Phi) is 2.70. The maximum Gasteiger partial charge on any atom is 0.0725 e. The average molecular weight is 217 g/mol. The van der Waals surface area contributed by atoms with Crippen LogP contribution in [-0.2, 0) is 6.42 Å². The minimum atomic E-state index is -0.154. The Balaban J connectivity index is 1.71. The van der Waals surface area contributed by atoms with Gasteiger partial charge in [-0.05, 0) is 37.2 Å². The molecular weight excluding hydrogens is 198 g/mol. The number of hydrogen-bond donors (Lipinski definition) is 2. The van der Waals surface area contributed by atoms with Gasteiger partial charge in [0.15, 0.2) is 0 Å². The fourth-order valence-electron chi connectivity index (χ4n) is 3.26. The lowest BCUT2D eigenvalue weighted by atomic mass is 9.84. The molecule has 2 bridgehead atoms. The lowest BCUT2D eigenvalue weighted by molar-refractivity contribution is 0.0470. The van der Waals surface area contributed by atoms with Crippen molar-refractivity contribution in [2.75, 3.05) is 0 Å². The molecule has 86 valence electrons. The molecule has 16 heavy (non-hydrogen) atoms. The predicted octanol–water partition coefficient (Wildman–Crippen LogP) is 1.73. The quantitative estimate of drug-likeness (QED) is 0.790. The number of aliphatic hydroxyl groups is 1.